The fourth-order valence-electron chi connectivity index (χ4n) is 3.42. The molecule has 0 fully saturated rings. The van der Waals surface area contributed by atoms with Gasteiger partial charge in [-0.1, -0.05) is 19.9 Å². The lowest BCUT2D eigenvalue weighted by Crippen LogP contribution is -2.28. The van der Waals surface area contributed by atoms with Crippen LogP contribution in [-0.2, 0) is 27.4 Å². The number of hydrogen-bond donors (Lipinski definition) is 1. The monoisotopic (exact) mass is 437 g/mol. The minimum absolute atomic E-state index is 0.154. The van der Waals surface area contributed by atoms with Gasteiger partial charge in [-0.2, -0.15) is 5.26 Å². The number of amides is 1. The third-order valence-electron chi connectivity index (χ3n) is 5.06. The molecule has 0 bridgehead atoms. The summed E-state index contributed by atoms with van der Waals surface area (Å²) in [6.45, 7) is 8.99. The number of fused-ring (bicyclic) bond motifs is 1. The SMILES string of the molecule is Cc1cc(/C=C(\C#N)C(=O)OCC(=O)NCc2ccc3c(c2)OCO3)c(C)n1CC(C)C. The van der Waals surface area contributed by atoms with Crippen LogP contribution in [0.4, 0.5) is 0 Å². The van der Waals surface area contributed by atoms with Gasteiger partial charge >= 0.3 is 5.97 Å². The number of carbonyl (C=O) groups is 2. The Morgan fingerprint density at radius 2 is 2.00 bits per heavy atom. The highest BCUT2D eigenvalue weighted by atomic mass is 16.7. The molecule has 0 radical (unpaired) electrons. The van der Waals surface area contributed by atoms with E-state index in [2.05, 4.69) is 23.7 Å². The van der Waals surface area contributed by atoms with Crippen molar-refractivity contribution in [3.63, 3.8) is 0 Å². The molecule has 0 saturated heterocycles. The minimum atomic E-state index is -0.834. The van der Waals surface area contributed by atoms with E-state index in [1.165, 1.54) is 6.08 Å². The van der Waals surface area contributed by atoms with E-state index in [4.69, 9.17) is 14.2 Å². The van der Waals surface area contributed by atoms with Crippen molar-refractivity contribution in [1.82, 2.24) is 9.88 Å². The molecule has 0 atom stereocenters. The van der Waals surface area contributed by atoms with Crippen LogP contribution in [0.3, 0.4) is 0 Å². The van der Waals surface area contributed by atoms with Crippen molar-refractivity contribution in [3.05, 3.63) is 52.4 Å². The lowest BCUT2D eigenvalue weighted by Gasteiger charge is -2.12. The highest BCUT2D eigenvalue weighted by molar-refractivity contribution is 5.99. The zero-order valence-corrected chi connectivity index (χ0v) is 18.7. The Labute approximate surface area is 187 Å². The van der Waals surface area contributed by atoms with Crippen LogP contribution < -0.4 is 14.8 Å². The van der Waals surface area contributed by atoms with Crippen LogP contribution in [-0.4, -0.2) is 29.8 Å². The van der Waals surface area contributed by atoms with Gasteiger partial charge in [-0.15, -0.1) is 0 Å². The normalized spacial score (nSPS) is 12.6. The predicted molar refractivity (Wildman–Crippen MR) is 118 cm³/mol. The fourth-order valence-corrected chi connectivity index (χ4v) is 3.42. The van der Waals surface area contributed by atoms with Crippen molar-refractivity contribution >= 4 is 18.0 Å². The van der Waals surface area contributed by atoms with Crippen LogP contribution in [0.5, 0.6) is 11.5 Å². The van der Waals surface area contributed by atoms with Gasteiger partial charge in [0.2, 0.25) is 6.79 Å². The molecule has 0 saturated carbocycles. The standard InChI is InChI=1S/C24H27N3O5/c1-15(2)12-27-16(3)7-19(17(27)4)9-20(10-25)24(29)30-13-23(28)26-11-18-5-6-21-22(8-18)32-14-31-21/h5-9,15H,11-14H2,1-4H3,(H,26,28)/b20-9+. The summed E-state index contributed by atoms with van der Waals surface area (Å²) in [5, 5.41) is 12.1. The van der Waals surface area contributed by atoms with E-state index in [1.807, 2.05) is 32.0 Å². The molecule has 0 aliphatic carbocycles. The smallest absolute Gasteiger partial charge is 0.349 e. The van der Waals surface area contributed by atoms with Crippen LogP contribution in [0.15, 0.2) is 29.8 Å². The maximum Gasteiger partial charge on any atom is 0.349 e. The molecule has 1 aliphatic heterocycles. The second-order valence-electron chi connectivity index (χ2n) is 8.04. The number of esters is 1. The van der Waals surface area contributed by atoms with Crippen molar-refractivity contribution in [1.29, 1.82) is 5.26 Å². The summed E-state index contributed by atoms with van der Waals surface area (Å²) >= 11 is 0. The maximum absolute atomic E-state index is 12.3. The Morgan fingerprint density at radius 3 is 2.72 bits per heavy atom. The molecular formula is C24H27N3O5. The number of carbonyl (C=O) groups excluding carboxylic acids is 2. The van der Waals surface area contributed by atoms with Gasteiger partial charge in [0.15, 0.2) is 18.1 Å². The molecule has 1 N–H and O–H groups in total. The van der Waals surface area contributed by atoms with Crippen molar-refractivity contribution in [3.8, 4) is 17.6 Å². The van der Waals surface area contributed by atoms with E-state index in [9.17, 15) is 14.9 Å². The van der Waals surface area contributed by atoms with E-state index in [-0.39, 0.29) is 18.9 Å². The second kappa shape index (κ2) is 10.1. The number of aryl methyl sites for hydroxylation is 1. The number of rotatable bonds is 8. The Kier molecular flexibility index (Phi) is 7.21. The zero-order chi connectivity index (χ0) is 23.3. The molecule has 2 heterocycles. The predicted octanol–water partition coefficient (Wildman–Crippen LogP) is 3.26. The number of ether oxygens (including phenoxy) is 3. The summed E-state index contributed by atoms with van der Waals surface area (Å²) in [6.07, 6.45) is 1.51. The molecular weight excluding hydrogens is 410 g/mol. The van der Waals surface area contributed by atoms with E-state index in [0.717, 1.165) is 29.1 Å². The molecule has 168 valence electrons. The summed E-state index contributed by atoms with van der Waals surface area (Å²) in [6, 6.07) is 9.16. The van der Waals surface area contributed by atoms with Crippen molar-refractivity contribution in [2.45, 2.75) is 40.8 Å². The summed E-state index contributed by atoms with van der Waals surface area (Å²) in [5.74, 6) is 0.450. The molecule has 8 nitrogen and oxygen atoms in total. The quantitative estimate of drug-likeness (QED) is 0.386. The number of nitrogens with one attached hydrogen (secondary N) is 1. The molecule has 0 unspecified atom stereocenters. The molecule has 3 rings (SSSR count). The van der Waals surface area contributed by atoms with E-state index in [0.29, 0.717) is 17.4 Å². The van der Waals surface area contributed by atoms with Gasteiger partial charge < -0.3 is 24.1 Å². The fraction of sp³-hybridized carbons (Fsp3) is 0.375. The number of aromatic nitrogens is 1. The minimum Gasteiger partial charge on any atom is -0.454 e. The molecule has 2 aromatic rings. The molecule has 1 aromatic heterocycles. The van der Waals surface area contributed by atoms with Gasteiger partial charge in [0.25, 0.3) is 5.91 Å². The van der Waals surface area contributed by atoms with Gasteiger partial charge in [-0.25, -0.2) is 4.79 Å². The molecule has 0 spiro atoms. The number of hydrogen-bond acceptors (Lipinski definition) is 6. The summed E-state index contributed by atoms with van der Waals surface area (Å²) in [5.41, 5.74) is 3.47. The van der Waals surface area contributed by atoms with Crippen LogP contribution in [0, 0.1) is 31.1 Å². The second-order valence-corrected chi connectivity index (χ2v) is 8.04. The number of nitriles is 1. The Bertz CT molecular complexity index is 1090. The lowest BCUT2D eigenvalue weighted by atomic mass is 10.1. The summed E-state index contributed by atoms with van der Waals surface area (Å²) in [4.78, 5) is 24.4. The van der Waals surface area contributed by atoms with Gasteiger partial charge in [0, 0.05) is 24.5 Å². The third kappa shape index (κ3) is 5.49. The Morgan fingerprint density at radius 1 is 1.25 bits per heavy atom. The van der Waals surface area contributed by atoms with E-state index >= 15 is 0 Å². The Balaban J connectivity index is 1.56. The average Bonchev–Trinajstić information content (AvgIpc) is 3.33. The molecule has 1 aliphatic rings. The van der Waals surface area contributed by atoms with Crippen LogP contribution in [0.25, 0.3) is 6.08 Å². The first kappa shape index (κ1) is 22.9. The van der Waals surface area contributed by atoms with Crippen LogP contribution >= 0.6 is 0 Å². The zero-order valence-electron chi connectivity index (χ0n) is 18.7. The highest BCUT2D eigenvalue weighted by Gasteiger charge is 2.17. The lowest BCUT2D eigenvalue weighted by molar-refractivity contribution is -0.144. The molecule has 8 heteroatoms. The molecule has 1 aromatic carbocycles. The number of nitrogens with zero attached hydrogens (tertiary/aromatic N) is 2. The third-order valence-corrected chi connectivity index (χ3v) is 5.06. The maximum atomic E-state index is 12.3. The van der Waals surface area contributed by atoms with Crippen LogP contribution in [0.2, 0.25) is 0 Å². The first-order valence-corrected chi connectivity index (χ1v) is 10.4. The first-order chi connectivity index (χ1) is 15.3. The van der Waals surface area contributed by atoms with Gasteiger partial charge in [-0.05, 0) is 55.2 Å². The van der Waals surface area contributed by atoms with Crippen molar-refractivity contribution < 1.29 is 23.8 Å². The largest absolute Gasteiger partial charge is 0.454 e. The van der Waals surface area contributed by atoms with Crippen molar-refractivity contribution in [2.24, 2.45) is 5.92 Å². The van der Waals surface area contributed by atoms with E-state index in [1.54, 1.807) is 12.1 Å². The summed E-state index contributed by atoms with van der Waals surface area (Å²) < 4.78 is 17.7. The first-order valence-electron chi connectivity index (χ1n) is 10.4. The highest BCUT2D eigenvalue weighted by Crippen LogP contribution is 2.32. The van der Waals surface area contributed by atoms with Gasteiger partial charge in [0.05, 0.1) is 0 Å². The molecule has 1 amide bonds. The number of benzene rings is 1. The average molecular weight is 437 g/mol. The van der Waals surface area contributed by atoms with Gasteiger partial charge in [0.1, 0.15) is 11.6 Å². The van der Waals surface area contributed by atoms with E-state index < -0.39 is 18.5 Å². The van der Waals surface area contributed by atoms with Gasteiger partial charge in [-0.3, -0.25) is 4.79 Å². The van der Waals surface area contributed by atoms with Crippen molar-refractivity contribution in [2.75, 3.05) is 13.4 Å². The summed E-state index contributed by atoms with van der Waals surface area (Å²) in [7, 11) is 0. The topological polar surface area (TPSA) is 103 Å². The molecule has 32 heavy (non-hydrogen) atoms. The van der Waals surface area contributed by atoms with Crippen LogP contribution in [0.1, 0.15) is 36.4 Å². The Hall–Kier alpha value is -3.73.